The number of hydrogen-bond acceptors (Lipinski definition) is 5. The Balaban J connectivity index is 1.43. The smallest absolute Gasteiger partial charge is 0.344 e. The molecule has 1 aliphatic carbocycles. The number of aromatic nitrogens is 1. The van der Waals surface area contributed by atoms with Crippen molar-refractivity contribution in [3.8, 4) is 0 Å². The van der Waals surface area contributed by atoms with Gasteiger partial charge in [0.25, 0.3) is 11.5 Å². The minimum atomic E-state index is -0.842. The van der Waals surface area contributed by atoms with E-state index in [1.807, 2.05) is 48.5 Å². The van der Waals surface area contributed by atoms with Gasteiger partial charge < -0.3 is 9.72 Å². The van der Waals surface area contributed by atoms with Crippen LogP contribution >= 0.6 is 0 Å². The second-order valence-electron chi connectivity index (χ2n) is 8.65. The number of nitrogens with zero attached hydrogens (tertiary/aromatic N) is 2. The quantitative estimate of drug-likeness (QED) is 0.565. The number of benzene rings is 2. The van der Waals surface area contributed by atoms with Crippen molar-refractivity contribution in [3.63, 3.8) is 0 Å². The summed E-state index contributed by atoms with van der Waals surface area (Å²) in [6.07, 6.45) is 6.37. The van der Waals surface area contributed by atoms with Crippen molar-refractivity contribution in [1.82, 2.24) is 9.99 Å². The molecule has 2 atom stereocenters. The van der Waals surface area contributed by atoms with Crippen LogP contribution in [-0.4, -0.2) is 34.2 Å². The fourth-order valence-corrected chi connectivity index (χ4v) is 4.79. The third-order valence-electron chi connectivity index (χ3n) is 6.40. The summed E-state index contributed by atoms with van der Waals surface area (Å²) in [6, 6.07) is 22.5. The van der Waals surface area contributed by atoms with Gasteiger partial charge in [-0.2, -0.15) is 5.10 Å². The maximum absolute atomic E-state index is 13.3. The number of rotatable bonds is 5. The van der Waals surface area contributed by atoms with Crippen LogP contribution in [0.3, 0.4) is 0 Å². The molecule has 1 N–H and O–H groups in total. The van der Waals surface area contributed by atoms with Crippen LogP contribution in [0.4, 0.5) is 0 Å². The minimum absolute atomic E-state index is 0.0535. The van der Waals surface area contributed by atoms with E-state index in [1.165, 1.54) is 23.3 Å². The zero-order valence-electron chi connectivity index (χ0n) is 19.1. The molecule has 1 fully saturated rings. The van der Waals surface area contributed by atoms with E-state index in [0.717, 1.165) is 41.7 Å². The van der Waals surface area contributed by atoms with Crippen LogP contribution in [0.2, 0.25) is 0 Å². The van der Waals surface area contributed by atoms with Gasteiger partial charge in [-0.3, -0.25) is 9.59 Å². The molecule has 0 bridgehead atoms. The van der Waals surface area contributed by atoms with E-state index < -0.39 is 24.0 Å². The van der Waals surface area contributed by atoms with Crippen LogP contribution in [0.1, 0.15) is 46.8 Å². The molecule has 1 aliphatic heterocycles. The SMILES string of the molecule is O=C(OCC(=O)N1N=C2C(=Cc3ccccc3)CCCC2C1c1ccccc1)c1ccc[nH]c1=O. The highest BCUT2D eigenvalue weighted by atomic mass is 16.5. The fraction of sp³-hybridized carbons (Fsp3) is 0.214. The molecule has 2 aromatic carbocycles. The second-order valence-corrected chi connectivity index (χ2v) is 8.65. The number of pyridine rings is 1. The van der Waals surface area contributed by atoms with Gasteiger partial charge in [-0.05, 0) is 54.2 Å². The van der Waals surface area contributed by atoms with Gasteiger partial charge in [0, 0.05) is 12.1 Å². The molecule has 1 aromatic heterocycles. The predicted octanol–water partition coefficient (Wildman–Crippen LogP) is 4.35. The number of hydrazone groups is 1. The zero-order chi connectivity index (χ0) is 24.2. The monoisotopic (exact) mass is 467 g/mol. The first-order chi connectivity index (χ1) is 17.1. The summed E-state index contributed by atoms with van der Waals surface area (Å²) >= 11 is 0. The first kappa shape index (κ1) is 22.5. The van der Waals surface area contributed by atoms with Crippen LogP contribution in [0, 0.1) is 5.92 Å². The maximum Gasteiger partial charge on any atom is 0.344 e. The number of nitrogens with one attached hydrogen (secondary N) is 1. The number of amides is 1. The van der Waals surface area contributed by atoms with Crippen LogP contribution in [0.15, 0.2) is 94.5 Å². The Labute approximate surface area is 202 Å². The summed E-state index contributed by atoms with van der Waals surface area (Å²) < 4.78 is 5.21. The first-order valence-corrected chi connectivity index (χ1v) is 11.7. The van der Waals surface area contributed by atoms with Crippen molar-refractivity contribution in [2.24, 2.45) is 11.0 Å². The molecule has 3 aromatic rings. The van der Waals surface area contributed by atoms with Gasteiger partial charge in [-0.1, -0.05) is 60.7 Å². The van der Waals surface area contributed by atoms with E-state index in [-0.39, 0.29) is 17.5 Å². The van der Waals surface area contributed by atoms with Gasteiger partial charge >= 0.3 is 5.97 Å². The van der Waals surface area contributed by atoms with E-state index >= 15 is 0 Å². The molecular formula is C28H25N3O4. The Kier molecular flexibility index (Phi) is 6.39. The summed E-state index contributed by atoms with van der Waals surface area (Å²) in [5.41, 5.74) is 3.40. The highest BCUT2D eigenvalue weighted by Crippen LogP contribution is 2.44. The lowest BCUT2D eigenvalue weighted by Crippen LogP contribution is -2.34. The third kappa shape index (κ3) is 4.71. The number of aromatic amines is 1. The van der Waals surface area contributed by atoms with Crippen LogP contribution in [-0.2, 0) is 9.53 Å². The molecule has 35 heavy (non-hydrogen) atoms. The zero-order valence-corrected chi connectivity index (χ0v) is 19.1. The van der Waals surface area contributed by atoms with Gasteiger partial charge in [-0.15, -0.1) is 0 Å². The molecule has 1 amide bonds. The van der Waals surface area contributed by atoms with Gasteiger partial charge in [0.2, 0.25) is 0 Å². The average Bonchev–Trinajstić information content (AvgIpc) is 3.29. The summed E-state index contributed by atoms with van der Waals surface area (Å²) in [5.74, 6) is -1.22. The lowest BCUT2D eigenvalue weighted by Gasteiger charge is -2.29. The molecule has 0 radical (unpaired) electrons. The number of H-pyrrole nitrogens is 1. The second kappa shape index (κ2) is 9.93. The highest BCUT2D eigenvalue weighted by molar-refractivity contribution is 6.08. The van der Waals surface area contributed by atoms with Gasteiger partial charge in [0.15, 0.2) is 6.61 Å². The number of ether oxygens (including phenoxy) is 1. The number of carbonyl (C=O) groups is 2. The Morgan fingerprint density at radius 2 is 1.77 bits per heavy atom. The minimum Gasteiger partial charge on any atom is -0.452 e. The van der Waals surface area contributed by atoms with Crippen molar-refractivity contribution in [2.45, 2.75) is 25.3 Å². The molecule has 7 nitrogen and oxygen atoms in total. The number of allylic oxidation sites excluding steroid dienone is 1. The standard InChI is InChI=1S/C28H25N3O4/c32-24(18-35-28(34)23-15-8-16-29-27(23)33)31-26(20-11-5-2-6-12-20)22-14-7-13-21(25(22)30-31)17-19-9-3-1-4-10-19/h1-6,8-12,15-17,22,26H,7,13-14,18H2,(H,29,33). The van der Waals surface area contributed by atoms with Crippen molar-refractivity contribution in [3.05, 3.63) is 112 Å². The summed E-state index contributed by atoms with van der Waals surface area (Å²) in [6.45, 7) is -0.502. The average molecular weight is 468 g/mol. The number of esters is 1. The summed E-state index contributed by atoms with van der Waals surface area (Å²) in [5, 5.41) is 6.25. The Morgan fingerprint density at radius 3 is 2.51 bits per heavy atom. The Hall–Kier alpha value is -4.26. The largest absolute Gasteiger partial charge is 0.452 e. The van der Waals surface area contributed by atoms with Gasteiger partial charge in [0.05, 0.1) is 11.8 Å². The van der Waals surface area contributed by atoms with Crippen LogP contribution < -0.4 is 5.56 Å². The topological polar surface area (TPSA) is 91.8 Å². The van der Waals surface area contributed by atoms with E-state index in [2.05, 4.69) is 23.2 Å². The number of fused-ring (bicyclic) bond motifs is 1. The fourth-order valence-electron chi connectivity index (χ4n) is 4.79. The molecule has 1 saturated carbocycles. The molecule has 2 unspecified atom stereocenters. The van der Waals surface area contributed by atoms with Gasteiger partial charge in [0.1, 0.15) is 5.56 Å². The van der Waals surface area contributed by atoms with Gasteiger partial charge in [-0.25, -0.2) is 9.80 Å². The van der Waals surface area contributed by atoms with Crippen LogP contribution in [0.5, 0.6) is 0 Å². The van der Waals surface area contributed by atoms with Crippen molar-refractivity contribution >= 4 is 23.7 Å². The molecule has 0 spiro atoms. The highest BCUT2D eigenvalue weighted by Gasteiger charge is 2.43. The van der Waals surface area contributed by atoms with Crippen molar-refractivity contribution in [2.75, 3.05) is 6.61 Å². The molecule has 5 rings (SSSR count). The lowest BCUT2D eigenvalue weighted by molar-refractivity contribution is -0.137. The molecule has 2 heterocycles. The normalized spacial score (nSPS) is 20.3. The molecule has 176 valence electrons. The van der Waals surface area contributed by atoms with E-state index in [1.54, 1.807) is 0 Å². The van der Waals surface area contributed by atoms with E-state index in [0.29, 0.717) is 0 Å². The number of carbonyl (C=O) groups excluding carboxylic acids is 2. The van der Waals surface area contributed by atoms with Crippen molar-refractivity contribution < 1.29 is 14.3 Å². The molecule has 7 heteroatoms. The Bertz CT molecular complexity index is 1350. The maximum atomic E-state index is 13.3. The Morgan fingerprint density at radius 1 is 1.03 bits per heavy atom. The first-order valence-electron chi connectivity index (χ1n) is 11.7. The predicted molar refractivity (Wildman–Crippen MR) is 133 cm³/mol. The molecule has 0 saturated heterocycles. The lowest BCUT2D eigenvalue weighted by atomic mass is 9.77. The molecular weight excluding hydrogens is 442 g/mol. The third-order valence-corrected chi connectivity index (χ3v) is 6.40. The summed E-state index contributed by atoms with van der Waals surface area (Å²) in [4.78, 5) is 40.0. The number of hydrogen-bond donors (Lipinski definition) is 1. The summed E-state index contributed by atoms with van der Waals surface area (Å²) in [7, 11) is 0. The molecule has 2 aliphatic rings. The van der Waals surface area contributed by atoms with Crippen molar-refractivity contribution in [1.29, 1.82) is 0 Å². The van der Waals surface area contributed by atoms with E-state index in [4.69, 9.17) is 9.84 Å². The van der Waals surface area contributed by atoms with Crippen LogP contribution in [0.25, 0.3) is 6.08 Å². The van der Waals surface area contributed by atoms with E-state index in [9.17, 15) is 14.4 Å².